The first-order valence-corrected chi connectivity index (χ1v) is 7.34. The molecule has 0 radical (unpaired) electrons. The Morgan fingerprint density at radius 1 is 1.14 bits per heavy atom. The molecule has 0 unspecified atom stereocenters. The maximum atomic E-state index is 12.6. The number of aromatic nitrogens is 4. The van der Waals surface area contributed by atoms with Gasteiger partial charge in [-0.15, -0.1) is 0 Å². The zero-order valence-electron chi connectivity index (χ0n) is 13.1. The predicted molar refractivity (Wildman–Crippen MR) is 82.6 cm³/mol. The Hall–Kier alpha value is -1.89. The summed E-state index contributed by atoms with van der Waals surface area (Å²) < 4.78 is 4.43. The van der Waals surface area contributed by atoms with Crippen LogP contribution in [0.25, 0.3) is 11.2 Å². The molecule has 116 valence electrons. The van der Waals surface area contributed by atoms with Gasteiger partial charge in [-0.2, -0.15) is 0 Å². The van der Waals surface area contributed by atoms with Crippen LogP contribution < -0.4 is 17.0 Å². The molecule has 7 nitrogen and oxygen atoms in total. The van der Waals surface area contributed by atoms with Gasteiger partial charge in [0.2, 0.25) is 0 Å². The number of fused-ring (bicyclic) bond motifs is 1. The van der Waals surface area contributed by atoms with Crippen LogP contribution in [0.1, 0.15) is 38.4 Å². The lowest BCUT2D eigenvalue weighted by Crippen LogP contribution is -2.41. The Morgan fingerprint density at radius 2 is 1.76 bits per heavy atom. The molecule has 2 N–H and O–H groups in total. The standard InChI is InChI=1S/C14H23N5O2/c1-5-9(6-2)11-16-12-10(17(11)3)13(20)19(8-7-15)14(21)18(12)4/h9H,5-8,15H2,1-4H3. The molecule has 0 amide bonds. The molecule has 2 aromatic heterocycles. The van der Waals surface area contributed by atoms with Gasteiger partial charge in [-0.1, -0.05) is 13.8 Å². The van der Waals surface area contributed by atoms with Crippen LogP contribution in [0.5, 0.6) is 0 Å². The molecular formula is C14H23N5O2. The van der Waals surface area contributed by atoms with Crippen molar-refractivity contribution in [2.24, 2.45) is 19.8 Å². The largest absolute Gasteiger partial charge is 0.332 e. The van der Waals surface area contributed by atoms with Crippen LogP contribution in [0.4, 0.5) is 0 Å². The van der Waals surface area contributed by atoms with Crippen LogP contribution in [0.2, 0.25) is 0 Å². The molecule has 7 heteroatoms. The van der Waals surface area contributed by atoms with E-state index in [-0.39, 0.29) is 30.3 Å². The molecule has 0 aliphatic carbocycles. The molecule has 2 rings (SSSR count). The summed E-state index contributed by atoms with van der Waals surface area (Å²) >= 11 is 0. The highest BCUT2D eigenvalue weighted by molar-refractivity contribution is 5.71. The molecule has 0 aliphatic rings. The van der Waals surface area contributed by atoms with Gasteiger partial charge in [-0.3, -0.25) is 13.9 Å². The highest BCUT2D eigenvalue weighted by Crippen LogP contribution is 2.23. The lowest BCUT2D eigenvalue weighted by Gasteiger charge is -2.11. The van der Waals surface area contributed by atoms with Gasteiger partial charge in [-0.25, -0.2) is 9.78 Å². The van der Waals surface area contributed by atoms with E-state index in [1.807, 2.05) is 11.6 Å². The molecule has 0 saturated heterocycles. The number of rotatable bonds is 5. The maximum absolute atomic E-state index is 12.6. The van der Waals surface area contributed by atoms with Crippen molar-refractivity contribution < 1.29 is 0 Å². The van der Waals surface area contributed by atoms with Crippen molar-refractivity contribution in [1.29, 1.82) is 0 Å². The summed E-state index contributed by atoms with van der Waals surface area (Å²) in [7, 11) is 3.47. The Labute approximate surface area is 123 Å². The Kier molecular flexibility index (Phi) is 4.32. The van der Waals surface area contributed by atoms with Crippen LogP contribution in [-0.4, -0.2) is 25.2 Å². The second-order valence-electron chi connectivity index (χ2n) is 5.30. The van der Waals surface area contributed by atoms with Crippen molar-refractivity contribution in [2.75, 3.05) is 6.54 Å². The zero-order valence-corrected chi connectivity index (χ0v) is 13.1. The Morgan fingerprint density at radius 3 is 2.29 bits per heavy atom. The number of aryl methyl sites for hydroxylation is 2. The average Bonchev–Trinajstić information content (AvgIpc) is 2.81. The van der Waals surface area contributed by atoms with Gasteiger partial charge in [0, 0.05) is 33.1 Å². The van der Waals surface area contributed by atoms with E-state index in [0.717, 1.165) is 18.7 Å². The summed E-state index contributed by atoms with van der Waals surface area (Å²) in [4.78, 5) is 29.4. The van der Waals surface area contributed by atoms with Gasteiger partial charge in [-0.05, 0) is 12.8 Å². The van der Waals surface area contributed by atoms with Gasteiger partial charge < -0.3 is 10.3 Å². The van der Waals surface area contributed by atoms with E-state index in [2.05, 4.69) is 18.8 Å². The van der Waals surface area contributed by atoms with Crippen molar-refractivity contribution >= 4 is 11.2 Å². The van der Waals surface area contributed by atoms with Gasteiger partial charge in [0.15, 0.2) is 11.2 Å². The van der Waals surface area contributed by atoms with Crippen molar-refractivity contribution in [3.63, 3.8) is 0 Å². The van der Waals surface area contributed by atoms with Crippen molar-refractivity contribution in [3.8, 4) is 0 Å². The van der Waals surface area contributed by atoms with Crippen LogP contribution in [0, 0.1) is 0 Å². The van der Waals surface area contributed by atoms with Gasteiger partial charge >= 0.3 is 5.69 Å². The molecular weight excluding hydrogens is 270 g/mol. The highest BCUT2D eigenvalue weighted by atomic mass is 16.2. The van der Waals surface area contributed by atoms with E-state index >= 15 is 0 Å². The van der Waals surface area contributed by atoms with E-state index in [1.54, 1.807) is 7.05 Å². The van der Waals surface area contributed by atoms with Crippen LogP contribution >= 0.6 is 0 Å². The smallest absolute Gasteiger partial charge is 0.329 e. The zero-order chi connectivity index (χ0) is 15.7. The predicted octanol–water partition coefficient (Wildman–Crippen LogP) is 0.296. The van der Waals surface area contributed by atoms with Crippen molar-refractivity contribution in [3.05, 3.63) is 26.7 Å². The third-order valence-corrected chi connectivity index (χ3v) is 4.10. The highest BCUT2D eigenvalue weighted by Gasteiger charge is 2.21. The number of nitrogens with zero attached hydrogens (tertiary/aromatic N) is 4. The Bertz CT molecular complexity index is 764. The normalized spacial score (nSPS) is 11.7. The lowest BCUT2D eigenvalue weighted by molar-refractivity contribution is 0.581. The van der Waals surface area contributed by atoms with Crippen molar-refractivity contribution in [1.82, 2.24) is 18.7 Å². The molecule has 0 aliphatic heterocycles. The van der Waals surface area contributed by atoms with Crippen molar-refractivity contribution in [2.45, 2.75) is 39.2 Å². The summed E-state index contributed by atoms with van der Waals surface area (Å²) in [5, 5.41) is 0. The third kappa shape index (κ3) is 2.31. The van der Waals surface area contributed by atoms with E-state index in [1.165, 1.54) is 9.13 Å². The summed E-state index contributed by atoms with van der Waals surface area (Å²) in [6.45, 7) is 4.66. The molecule has 0 saturated carbocycles. The number of nitrogens with two attached hydrogens (primary N) is 1. The van der Waals surface area contributed by atoms with E-state index in [9.17, 15) is 9.59 Å². The van der Waals surface area contributed by atoms with E-state index in [0.29, 0.717) is 11.2 Å². The first-order chi connectivity index (χ1) is 9.97. The SMILES string of the molecule is CCC(CC)c1nc2c(c(=O)n(CCN)c(=O)n2C)n1C. The van der Waals surface area contributed by atoms with Gasteiger partial charge in [0.1, 0.15) is 5.82 Å². The second kappa shape index (κ2) is 5.85. The van der Waals surface area contributed by atoms with Gasteiger partial charge in [0.05, 0.1) is 0 Å². The third-order valence-electron chi connectivity index (χ3n) is 4.10. The first kappa shape index (κ1) is 15.5. The number of hydrogen-bond donors (Lipinski definition) is 1. The molecule has 0 fully saturated rings. The maximum Gasteiger partial charge on any atom is 0.332 e. The molecule has 0 atom stereocenters. The molecule has 0 aromatic carbocycles. The minimum Gasteiger partial charge on any atom is -0.329 e. The van der Waals surface area contributed by atoms with Crippen LogP contribution in [-0.2, 0) is 20.6 Å². The fourth-order valence-corrected chi connectivity index (χ4v) is 2.81. The lowest BCUT2D eigenvalue weighted by atomic mass is 10.0. The topological polar surface area (TPSA) is 87.8 Å². The molecule has 0 spiro atoms. The molecule has 2 aromatic rings. The minimum absolute atomic E-state index is 0.215. The minimum atomic E-state index is -0.368. The van der Waals surface area contributed by atoms with E-state index < -0.39 is 0 Å². The summed E-state index contributed by atoms with van der Waals surface area (Å²) in [5.74, 6) is 1.13. The summed E-state index contributed by atoms with van der Waals surface area (Å²) in [6.07, 6.45) is 1.89. The molecule has 0 bridgehead atoms. The Balaban J connectivity index is 2.86. The quantitative estimate of drug-likeness (QED) is 0.858. The summed E-state index contributed by atoms with van der Waals surface area (Å²) in [6, 6.07) is 0. The van der Waals surface area contributed by atoms with Crippen LogP contribution in [0.3, 0.4) is 0 Å². The second-order valence-corrected chi connectivity index (χ2v) is 5.30. The van der Waals surface area contributed by atoms with E-state index in [4.69, 9.17) is 5.73 Å². The number of imidazole rings is 1. The summed E-state index contributed by atoms with van der Waals surface area (Å²) in [5.41, 5.74) is 5.73. The number of hydrogen-bond acceptors (Lipinski definition) is 4. The fourth-order valence-electron chi connectivity index (χ4n) is 2.81. The van der Waals surface area contributed by atoms with Crippen LogP contribution in [0.15, 0.2) is 9.59 Å². The molecule has 2 heterocycles. The first-order valence-electron chi connectivity index (χ1n) is 7.34. The fraction of sp³-hybridized carbons (Fsp3) is 0.643. The van der Waals surface area contributed by atoms with Gasteiger partial charge in [0.25, 0.3) is 5.56 Å². The monoisotopic (exact) mass is 293 g/mol. The average molecular weight is 293 g/mol. The molecule has 21 heavy (non-hydrogen) atoms.